The Morgan fingerprint density at radius 2 is 1.04 bits per heavy atom. The molecule has 5 heteroatoms. The fourth-order valence-electron chi connectivity index (χ4n) is 6.77. The Balaban J connectivity index is 1.21. The van der Waals surface area contributed by atoms with E-state index in [1.165, 1.54) is 10.8 Å². The predicted molar refractivity (Wildman–Crippen MR) is 186 cm³/mol. The van der Waals surface area contributed by atoms with Crippen LogP contribution in [0.5, 0.6) is 0 Å². The van der Waals surface area contributed by atoms with Crippen LogP contribution in [-0.4, -0.2) is 15.0 Å². The van der Waals surface area contributed by atoms with Crippen molar-refractivity contribution in [1.29, 1.82) is 0 Å². The average molecular weight is 590 g/mol. The number of furan rings is 2. The normalized spacial score (nSPS) is 11.9. The molecule has 0 unspecified atom stereocenters. The summed E-state index contributed by atoms with van der Waals surface area (Å²) in [6.07, 6.45) is 0. The molecule has 3 heterocycles. The van der Waals surface area contributed by atoms with Crippen molar-refractivity contribution in [2.24, 2.45) is 0 Å². The van der Waals surface area contributed by atoms with E-state index < -0.39 is 0 Å². The first kappa shape index (κ1) is 25.0. The summed E-state index contributed by atoms with van der Waals surface area (Å²) in [7, 11) is 0. The highest BCUT2D eigenvalue weighted by molar-refractivity contribution is 6.26. The summed E-state index contributed by atoms with van der Waals surface area (Å²) in [6, 6.07) is 47.5. The van der Waals surface area contributed by atoms with Gasteiger partial charge in [-0.25, -0.2) is 15.0 Å². The number of hydrogen-bond acceptors (Lipinski definition) is 5. The number of hydrogen-bond donors (Lipinski definition) is 0. The summed E-state index contributed by atoms with van der Waals surface area (Å²) < 4.78 is 12.6. The summed E-state index contributed by atoms with van der Waals surface area (Å²) in [5.41, 5.74) is 6.04. The molecular formula is C41H23N3O2. The highest BCUT2D eigenvalue weighted by Crippen LogP contribution is 2.40. The smallest absolute Gasteiger partial charge is 0.167 e. The van der Waals surface area contributed by atoms with Gasteiger partial charge in [-0.1, -0.05) is 109 Å². The first-order valence-electron chi connectivity index (χ1n) is 15.3. The molecule has 0 spiro atoms. The molecule has 7 aromatic carbocycles. The minimum absolute atomic E-state index is 0.568. The number of benzene rings is 7. The number of para-hydroxylation sites is 3. The third kappa shape index (κ3) is 3.72. The second kappa shape index (κ2) is 9.58. The minimum Gasteiger partial charge on any atom is -0.456 e. The maximum Gasteiger partial charge on any atom is 0.167 e. The lowest BCUT2D eigenvalue weighted by molar-refractivity contribution is 0.669. The molecule has 0 saturated heterocycles. The molecule has 0 aliphatic rings. The molecular weight excluding hydrogens is 566 g/mol. The summed E-state index contributed by atoms with van der Waals surface area (Å²) in [5.74, 6) is 1.78. The van der Waals surface area contributed by atoms with Crippen LogP contribution in [0.4, 0.5) is 0 Å². The average Bonchev–Trinajstić information content (AvgIpc) is 3.70. The molecule has 10 aromatic rings. The van der Waals surface area contributed by atoms with Crippen LogP contribution >= 0.6 is 0 Å². The molecule has 0 fully saturated rings. The molecule has 0 atom stereocenters. The van der Waals surface area contributed by atoms with Crippen molar-refractivity contribution in [3.05, 3.63) is 140 Å². The third-order valence-corrected chi connectivity index (χ3v) is 8.91. The monoisotopic (exact) mass is 589 g/mol. The van der Waals surface area contributed by atoms with E-state index in [9.17, 15) is 0 Å². The van der Waals surface area contributed by atoms with Crippen LogP contribution in [0, 0.1) is 0 Å². The summed E-state index contributed by atoms with van der Waals surface area (Å²) in [5, 5.41) is 8.98. The maximum atomic E-state index is 6.38. The van der Waals surface area contributed by atoms with Gasteiger partial charge in [0.05, 0.1) is 5.56 Å². The fourth-order valence-corrected chi connectivity index (χ4v) is 6.77. The van der Waals surface area contributed by atoms with E-state index in [4.69, 9.17) is 23.8 Å². The number of rotatable bonds is 3. The van der Waals surface area contributed by atoms with Crippen molar-refractivity contribution in [1.82, 2.24) is 15.0 Å². The van der Waals surface area contributed by atoms with Crippen LogP contribution in [0.25, 0.3) is 99.6 Å². The van der Waals surface area contributed by atoms with Crippen LogP contribution in [0.2, 0.25) is 0 Å². The summed E-state index contributed by atoms with van der Waals surface area (Å²) >= 11 is 0. The molecule has 0 amide bonds. The molecule has 10 rings (SSSR count). The molecule has 0 saturated carbocycles. The van der Waals surface area contributed by atoms with Gasteiger partial charge in [0.15, 0.2) is 17.5 Å². The van der Waals surface area contributed by atoms with Crippen LogP contribution in [0.3, 0.4) is 0 Å². The number of aromatic nitrogens is 3. The molecule has 3 aromatic heterocycles. The van der Waals surface area contributed by atoms with Crippen molar-refractivity contribution in [3.63, 3.8) is 0 Å². The zero-order valence-corrected chi connectivity index (χ0v) is 24.4. The first-order valence-corrected chi connectivity index (χ1v) is 15.3. The van der Waals surface area contributed by atoms with E-state index >= 15 is 0 Å². The zero-order valence-electron chi connectivity index (χ0n) is 24.4. The van der Waals surface area contributed by atoms with Gasteiger partial charge in [0.2, 0.25) is 0 Å². The Morgan fingerprint density at radius 1 is 0.370 bits per heavy atom. The first-order chi connectivity index (χ1) is 22.8. The SMILES string of the molecule is c1ccc(-c2nc(-c3ccc4c(ccc5ccc6oc7ccccc7c6c54)c3)nc(-c3cccc4c3oc3ccccc34)n2)cc1. The molecule has 0 aliphatic carbocycles. The largest absolute Gasteiger partial charge is 0.456 e. The Labute approximate surface area is 262 Å². The van der Waals surface area contributed by atoms with Crippen LogP contribution in [0.15, 0.2) is 148 Å². The van der Waals surface area contributed by atoms with Gasteiger partial charge in [-0.3, -0.25) is 0 Å². The lowest BCUT2D eigenvalue weighted by atomic mass is 9.96. The Hall–Kier alpha value is -6.33. The molecule has 0 aliphatic heterocycles. The van der Waals surface area contributed by atoms with E-state index in [0.29, 0.717) is 17.5 Å². The summed E-state index contributed by atoms with van der Waals surface area (Å²) in [6.45, 7) is 0. The van der Waals surface area contributed by atoms with Gasteiger partial charge in [0.25, 0.3) is 0 Å². The molecule has 0 radical (unpaired) electrons. The van der Waals surface area contributed by atoms with Crippen LogP contribution < -0.4 is 0 Å². The van der Waals surface area contributed by atoms with E-state index in [1.54, 1.807) is 0 Å². The van der Waals surface area contributed by atoms with E-state index in [2.05, 4.69) is 66.7 Å². The second-order valence-electron chi connectivity index (χ2n) is 11.6. The quantitative estimate of drug-likeness (QED) is 0.192. The van der Waals surface area contributed by atoms with Gasteiger partial charge in [0, 0.05) is 38.1 Å². The topological polar surface area (TPSA) is 65.0 Å². The third-order valence-electron chi connectivity index (χ3n) is 8.91. The lowest BCUT2D eigenvalue weighted by Gasteiger charge is -2.10. The Morgan fingerprint density at radius 3 is 1.91 bits per heavy atom. The van der Waals surface area contributed by atoms with Gasteiger partial charge in [0.1, 0.15) is 22.3 Å². The van der Waals surface area contributed by atoms with Gasteiger partial charge in [-0.2, -0.15) is 0 Å². The molecule has 0 N–H and O–H groups in total. The minimum atomic E-state index is 0.568. The van der Waals surface area contributed by atoms with Gasteiger partial charge in [-0.05, 0) is 46.5 Å². The lowest BCUT2D eigenvalue weighted by Crippen LogP contribution is -2.00. The summed E-state index contributed by atoms with van der Waals surface area (Å²) in [4.78, 5) is 15.1. The van der Waals surface area contributed by atoms with Crippen molar-refractivity contribution >= 4 is 65.4 Å². The second-order valence-corrected chi connectivity index (χ2v) is 11.6. The molecule has 46 heavy (non-hydrogen) atoms. The molecule has 0 bridgehead atoms. The van der Waals surface area contributed by atoms with E-state index in [1.807, 2.05) is 72.8 Å². The maximum absolute atomic E-state index is 6.38. The highest BCUT2D eigenvalue weighted by atomic mass is 16.3. The Kier molecular flexibility index (Phi) is 5.22. The van der Waals surface area contributed by atoms with Crippen LogP contribution in [-0.2, 0) is 0 Å². The molecule has 5 nitrogen and oxygen atoms in total. The van der Waals surface area contributed by atoms with Crippen molar-refractivity contribution in [3.8, 4) is 34.2 Å². The zero-order chi connectivity index (χ0) is 30.2. The van der Waals surface area contributed by atoms with Crippen molar-refractivity contribution in [2.45, 2.75) is 0 Å². The van der Waals surface area contributed by atoms with Gasteiger partial charge in [-0.15, -0.1) is 0 Å². The highest BCUT2D eigenvalue weighted by Gasteiger charge is 2.18. The molecule has 214 valence electrons. The number of fused-ring (bicyclic) bond motifs is 10. The van der Waals surface area contributed by atoms with Crippen molar-refractivity contribution in [2.75, 3.05) is 0 Å². The standard InChI is InChI=1S/C41H23N3O2/c1-2-9-25(10-3-1)39-42-40(44-41(43-39)32-14-8-13-30-29-11-4-6-15-33(29)46-38(30)32)27-19-21-28-26(23-27)18-17-24-20-22-35-37(36(24)28)31-12-5-7-16-34(31)45-35/h1-23H. The van der Waals surface area contributed by atoms with Crippen LogP contribution in [0.1, 0.15) is 0 Å². The predicted octanol–water partition coefficient (Wildman–Crippen LogP) is 11.0. The van der Waals surface area contributed by atoms with Crippen molar-refractivity contribution < 1.29 is 8.83 Å². The van der Waals surface area contributed by atoms with E-state index in [0.717, 1.165) is 71.3 Å². The van der Waals surface area contributed by atoms with Gasteiger partial charge >= 0.3 is 0 Å². The Bertz CT molecular complexity index is 2810. The number of nitrogens with zero attached hydrogens (tertiary/aromatic N) is 3. The van der Waals surface area contributed by atoms with Gasteiger partial charge < -0.3 is 8.83 Å². The fraction of sp³-hybridized carbons (Fsp3) is 0. The van der Waals surface area contributed by atoms with E-state index in [-0.39, 0.29) is 0 Å².